The topological polar surface area (TPSA) is 29.9 Å². The van der Waals surface area contributed by atoms with Gasteiger partial charge in [-0.15, -0.1) is 0 Å². The zero-order chi connectivity index (χ0) is 11.0. The lowest BCUT2D eigenvalue weighted by Crippen LogP contribution is -2.29. The first-order valence-corrected chi connectivity index (χ1v) is 6.60. The number of aromatic nitrogens is 2. The Bertz CT molecular complexity index is 359. The monoisotopic (exact) mass is 219 g/mol. The van der Waals surface area contributed by atoms with Crippen molar-refractivity contribution in [1.82, 2.24) is 14.9 Å². The van der Waals surface area contributed by atoms with Crippen LogP contribution < -0.4 is 5.32 Å². The molecule has 3 rings (SSSR count). The lowest BCUT2D eigenvalue weighted by molar-refractivity contribution is 0.290. The van der Waals surface area contributed by atoms with Gasteiger partial charge in [-0.2, -0.15) is 0 Å². The molecule has 0 spiro atoms. The third-order valence-corrected chi connectivity index (χ3v) is 4.15. The molecule has 88 valence electrons. The highest BCUT2D eigenvalue weighted by molar-refractivity contribution is 5.11. The van der Waals surface area contributed by atoms with Gasteiger partial charge in [0.15, 0.2) is 0 Å². The van der Waals surface area contributed by atoms with Gasteiger partial charge in [0.25, 0.3) is 0 Å². The summed E-state index contributed by atoms with van der Waals surface area (Å²) in [5, 5.41) is 3.43. The normalized spacial score (nSPS) is 23.3. The van der Waals surface area contributed by atoms with Crippen molar-refractivity contribution in [1.29, 1.82) is 0 Å². The maximum Gasteiger partial charge on any atom is 0.112 e. The van der Waals surface area contributed by atoms with Crippen molar-refractivity contribution in [2.24, 2.45) is 0 Å². The standard InChI is InChI=1S/C13H21N3/c1-10-9-15-13(11-5-7-14-8-6-11)16(10)12-3-2-4-12/h9,11-12,14H,2-8H2,1H3. The van der Waals surface area contributed by atoms with Crippen LogP contribution in [0.25, 0.3) is 0 Å². The summed E-state index contributed by atoms with van der Waals surface area (Å²) in [6.45, 7) is 4.51. The molecule has 1 aromatic rings. The minimum atomic E-state index is 0.690. The Morgan fingerprint density at radius 1 is 1.25 bits per heavy atom. The van der Waals surface area contributed by atoms with Gasteiger partial charge in [-0.05, 0) is 52.1 Å². The van der Waals surface area contributed by atoms with Gasteiger partial charge in [-0.1, -0.05) is 0 Å². The molecule has 1 saturated heterocycles. The van der Waals surface area contributed by atoms with E-state index in [1.165, 1.54) is 43.6 Å². The van der Waals surface area contributed by atoms with Crippen molar-refractivity contribution in [3.8, 4) is 0 Å². The first-order chi connectivity index (χ1) is 7.86. The molecule has 0 radical (unpaired) electrons. The predicted octanol–water partition coefficient (Wildman–Crippen LogP) is 2.38. The average Bonchev–Trinajstić information content (AvgIpc) is 2.60. The van der Waals surface area contributed by atoms with Crippen LogP contribution in [-0.4, -0.2) is 22.6 Å². The lowest BCUT2D eigenvalue weighted by atomic mass is 9.90. The quantitative estimate of drug-likeness (QED) is 0.827. The van der Waals surface area contributed by atoms with E-state index >= 15 is 0 Å². The number of imidazole rings is 1. The Morgan fingerprint density at radius 3 is 2.62 bits per heavy atom. The molecule has 3 heteroatoms. The van der Waals surface area contributed by atoms with Crippen LogP contribution in [0.2, 0.25) is 0 Å². The van der Waals surface area contributed by atoms with E-state index < -0.39 is 0 Å². The van der Waals surface area contributed by atoms with Gasteiger partial charge in [-0.25, -0.2) is 4.98 Å². The molecule has 16 heavy (non-hydrogen) atoms. The van der Waals surface area contributed by atoms with Crippen LogP contribution in [-0.2, 0) is 0 Å². The van der Waals surface area contributed by atoms with Crippen LogP contribution in [0.4, 0.5) is 0 Å². The zero-order valence-electron chi connectivity index (χ0n) is 10.1. The van der Waals surface area contributed by atoms with Crippen LogP contribution in [0.3, 0.4) is 0 Å². The lowest BCUT2D eigenvalue weighted by Gasteiger charge is -2.32. The van der Waals surface area contributed by atoms with Crippen LogP contribution in [0.15, 0.2) is 6.20 Å². The predicted molar refractivity (Wildman–Crippen MR) is 64.7 cm³/mol. The Labute approximate surface area is 97.3 Å². The second-order valence-corrected chi connectivity index (χ2v) is 5.24. The number of rotatable bonds is 2. The van der Waals surface area contributed by atoms with Crippen LogP contribution in [0.1, 0.15) is 55.6 Å². The van der Waals surface area contributed by atoms with Crippen LogP contribution >= 0.6 is 0 Å². The van der Waals surface area contributed by atoms with Gasteiger partial charge in [0, 0.05) is 23.9 Å². The molecule has 2 fully saturated rings. The molecule has 1 aliphatic carbocycles. The Balaban J connectivity index is 1.87. The Kier molecular flexibility index (Phi) is 2.72. The van der Waals surface area contributed by atoms with Gasteiger partial charge in [0.05, 0.1) is 0 Å². The van der Waals surface area contributed by atoms with Crippen LogP contribution in [0.5, 0.6) is 0 Å². The molecule has 0 amide bonds. The SMILES string of the molecule is Cc1cnc(C2CCNCC2)n1C1CCC1. The van der Waals surface area contributed by atoms with Crippen molar-refractivity contribution >= 4 is 0 Å². The first kappa shape index (κ1) is 10.3. The minimum absolute atomic E-state index is 0.690. The number of nitrogens with one attached hydrogen (secondary N) is 1. The summed E-state index contributed by atoms with van der Waals surface area (Å²) in [5.74, 6) is 2.05. The number of aryl methyl sites for hydroxylation is 1. The highest BCUT2D eigenvalue weighted by Gasteiger charge is 2.27. The Hall–Kier alpha value is -0.830. The van der Waals surface area contributed by atoms with E-state index in [1.54, 1.807) is 0 Å². The molecule has 1 N–H and O–H groups in total. The van der Waals surface area contributed by atoms with E-state index in [0.29, 0.717) is 5.92 Å². The smallest absolute Gasteiger partial charge is 0.112 e. The van der Waals surface area contributed by atoms with Crippen molar-refractivity contribution in [2.75, 3.05) is 13.1 Å². The largest absolute Gasteiger partial charge is 0.329 e. The van der Waals surface area contributed by atoms with E-state index in [-0.39, 0.29) is 0 Å². The van der Waals surface area contributed by atoms with Crippen molar-refractivity contribution in [2.45, 2.75) is 51.0 Å². The number of hydrogen-bond acceptors (Lipinski definition) is 2. The van der Waals surface area contributed by atoms with Gasteiger partial charge in [0.2, 0.25) is 0 Å². The summed E-state index contributed by atoms with van der Waals surface area (Å²) in [6, 6.07) is 0.757. The fourth-order valence-electron chi connectivity index (χ4n) is 2.97. The fourth-order valence-corrected chi connectivity index (χ4v) is 2.97. The third kappa shape index (κ3) is 1.67. The van der Waals surface area contributed by atoms with Gasteiger partial charge >= 0.3 is 0 Å². The molecular formula is C13H21N3. The van der Waals surface area contributed by atoms with Crippen molar-refractivity contribution in [3.05, 3.63) is 17.7 Å². The third-order valence-electron chi connectivity index (χ3n) is 4.15. The van der Waals surface area contributed by atoms with Gasteiger partial charge < -0.3 is 9.88 Å². The minimum Gasteiger partial charge on any atom is -0.329 e. The molecule has 1 aliphatic heterocycles. The zero-order valence-corrected chi connectivity index (χ0v) is 10.1. The van der Waals surface area contributed by atoms with E-state index in [2.05, 4.69) is 28.0 Å². The summed E-state index contributed by atoms with van der Waals surface area (Å²) in [6.07, 6.45) is 8.68. The number of piperidine rings is 1. The maximum absolute atomic E-state index is 4.68. The van der Waals surface area contributed by atoms with E-state index in [4.69, 9.17) is 0 Å². The molecular weight excluding hydrogens is 198 g/mol. The van der Waals surface area contributed by atoms with Crippen LogP contribution in [0, 0.1) is 6.92 Å². The number of nitrogens with zero attached hydrogens (tertiary/aromatic N) is 2. The molecule has 1 aromatic heterocycles. The average molecular weight is 219 g/mol. The van der Waals surface area contributed by atoms with Crippen molar-refractivity contribution in [3.63, 3.8) is 0 Å². The summed E-state index contributed by atoms with van der Waals surface area (Å²) in [7, 11) is 0. The van der Waals surface area contributed by atoms with Crippen molar-refractivity contribution < 1.29 is 0 Å². The van der Waals surface area contributed by atoms with E-state index in [1.807, 2.05) is 0 Å². The summed E-state index contributed by atoms with van der Waals surface area (Å²) in [5.41, 5.74) is 1.36. The van der Waals surface area contributed by atoms with Gasteiger partial charge in [0.1, 0.15) is 5.82 Å². The highest BCUT2D eigenvalue weighted by Crippen LogP contribution is 2.36. The molecule has 2 aliphatic rings. The second-order valence-electron chi connectivity index (χ2n) is 5.24. The summed E-state index contributed by atoms with van der Waals surface area (Å²) < 4.78 is 2.53. The first-order valence-electron chi connectivity index (χ1n) is 6.60. The molecule has 3 nitrogen and oxygen atoms in total. The Morgan fingerprint density at radius 2 is 2.00 bits per heavy atom. The fraction of sp³-hybridized carbons (Fsp3) is 0.769. The van der Waals surface area contributed by atoms with Gasteiger partial charge in [-0.3, -0.25) is 0 Å². The highest BCUT2D eigenvalue weighted by atomic mass is 15.1. The molecule has 1 saturated carbocycles. The second kappa shape index (κ2) is 4.21. The van der Waals surface area contributed by atoms with E-state index in [9.17, 15) is 0 Å². The summed E-state index contributed by atoms with van der Waals surface area (Å²) >= 11 is 0. The molecule has 0 unspecified atom stereocenters. The van der Waals surface area contributed by atoms with E-state index in [0.717, 1.165) is 19.1 Å². The molecule has 0 atom stereocenters. The summed E-state index contributed by atoms with van der Waals surface area (Å²) in [4.78, 5) is 4.68. The molecule has 2 heterocycles. The molecule has 0 bridgehead atoms. The number of hydrogen-bond donors (Lipinski definition) is 1. The maximum atomic E-state index is 4.68. The molecule has 0 aromatic carbocycles.